The van der Waals surface area contributed by atoms with E-state index >= 15 is 0 Å². The predicted molar refractivity (Wildman–Crippen MR) is 65.1 cm³/mol. The summed E-state index contributed by atoms with van der Waals surface area (Å²) in [5.41, 5.74) is -0.100. The lowest BCUT2D eigenvalue weighted by Gasteiger charge is -2.18. The van der Waals surface area contributed by atoms with Gasteiger partial charge < -0.3 is 14.4 Å². The van der Waals surface area contributed by atoms with Crippen LogP contribution >= 0.6 is 12.4 Å². The highest BCUT2D eigenvalue weighted by Gasteiger charge is 2.53. The zero-order chi connectivity index (χ0) is 15.1. The second-order valence-corrected chi connectivity index (χ2v) is 4.56. The Bertz CT molecular complexity index is 546. The van der Waals surface area contributed by atoms with E-state index in [1.54, 1.807) is 0 Å². The van der Waals surface area contributed by atoms with E-state index in [1.165, 1.54) is 6.92 Å². The number of halogens is 4. The van der Waals surface area contributed by atoms with Gasteiger partial charge in [0.05, 0.1) is 11.8 Å². The number of hydrogen-bond acceptors (Lipinski definition) is 4. The van der Waals surface area contributed by atoms with E-state index < -0.39 is 43.0 Å². The lowest BCUT2D eigenvalue weighted by molar-refractivity contribution is -0.187. The number of alkyl halides is 3. The van der Waals surface area contributed by atoms with E-state index in [-0.39, 0.29) is 23.9 Å². The van der Waals surface area contributed by atoms with Crippen LogP contribution in [-0.4, -0.2) is 46.1 Å². The minimum atomic E-state index is -4.67. The quantitative estimate of drug-likeness (QED) is 0.894. The van der Waals surface area contributed by atoms with Crippen LogP contribution in [0.3, 0.4) is 0 Å². The Hall–Kier alpha value is -1.77. The van der Waals surface area contributed by atoms with Crippen molar-refractivity contribution in [1.82, 2.24) is 9.88 Å². The van der Waals surface area contributed by atoms with Gasteiger partial charge in [-0.2, -0.15) is 13.2 Å². The number of carboxylic acids is 1. The third-order valence-corrected chi connectivity index (χ3v) is 3.29. The highest BCUT2D eigenvalue weighted by atomic mass is 35.5. The van der Waals surface area contributed by atoms with Crippen LogP contribution in [0.5, 0.6) is 0 Å². The number of amides is 1. The van der Waals surface area contributed by atoms with Gasteiger partial charge >= 0.3 is 12.1 Å². The van der Waals surface area contributed by atoms with Crippen molar-refractivity contribution in [2.75, 3.05) is 13.1 Å². The summed E-state index contributed by atoms with van der Waals surface area (Å²) in [6, 6.07) is 0. The first-order valence-electron chi connectivity index (χ1n) is 5.70. The summed E-state index contributed by atoms with van der Waals surface area (Å²) in [4.78, 5) is 27.4. The molecule has 1 amide bonds. The molecular weight excluding hydrogens is 317 g/mol. The zero-order valence-corrected chi connectivity index (χ0v) is 11.6. The van der Waals surface area contributed by atoms with E-state index in [4.69, 9.17) is 9.52 Å². The number of nitrogens with zero attached hydrogens (tertiary/aromatic N) is 2. The van der Waals surface area contributed by atoms with E-state index in [9.17, 15) is 22.8 Å². The number of carbonyl (C=O) groups is 2. The van der Waals surface area contributed by atoms with Crippen LogP contribution < -0.4 is 0 Å². The van der Waals surface area contributed by atoms with E-state index in [0.717, 1.165) is 11.3 Å². The Morgan fingerprint density at radius 1 is 1.43 bits per heavy atom. The normalized spacial score (nSPS) is 22.0. The maximum Gasteiger partial charge on any atom is 0.394 e. The fourth-order valence-corrected chi connectivity index (χ4v) is 2.21. The summed E-state index contributed by atoms with van der Waals surface area (Å²) in [6.07, 6.45) is -3.66. The summed E-state index contributed by atoms with van der Waals surface area (Å²) in [7, 11) is 0. The minimum Gasteiger partial charge on any atom is -0.481 e. The van der Waals surface area contributed by atoms with Crippen molar-refractivity contribution in [3.8, 4) is 0 Å². The number of aliphatic carboxylic acids is 1. The molecule has 21 heavy (non-hydrogen) atoms. The van der Waals surface area contributed by atoms with Crippen molar-refractivity contribution in [3.05, 3.63) is 17.8 Å². The molecule has 2 rings (SSSR count). The molecule has 2 heterocycles. The molecule has 0 aliphatic carbocycles. The molecule has 6 nitrogen and oxygen atoms in total. The third kappa shape index (κ3) is 3.29. The number of oxazole rings is 1. The van der Waals surface area contributed by atoms with Gasteiger partial charge in [0.2, 0.25) is 0 Å². The second-order valence-electron chi connectivity index (χ2n) is 4.56. The first-order chi connectivity index (χ1) is 9.21. The van der Waals surface area contributed by atoms with Crippen molar-refractivity contribution >= 4 is 24.3 Å². The predicted octanol–water partition coefficient (Wildman–Crippen LogP) is 1.74. The molecule has 10 heteroatoms. The Morgan fingerprint density at radius 3 is 2.43 bits per heavy atom. The van der Waals surface area contributed by atoms with E-state index in [2.05, 4.69) is 4.98 Å². The molecule has 1 aliphatic heterocycles. The van der Waals surface area contributed by atoms with Crippen molar-refractivity contribution in [3.63, 3.8) is 0 Å². The third-order valence-electron chi connectivity index (χ3n) is 3.29. The van der Waals surface area contributed by atoms with Crippen molar-refractivity contribution in [1.29, 1.82) is 0 Å². The highest BCUT2D eigenvalue weighted by Crippen LogP contribution is 2.38. The van der Waals surface area contributed by atoms with Gasteiger partial charge in [-0.3, -0.25) is 9.59 Å². The molecule has 0 radical (unpaired) electrons. The van der Waals surface area contributed by atoms with E-state index in [1.807, 2.05) is 0 Å². The van der Waals surface area contributed by atoms with Crippen molar-refractivity contribution in [2.24, 2.45) is 11.8 Å². The van der Waals surface area contributed by atoms with Gasteiger partial charge in [-0.25, -0.2) is 4.98 Å². The lowest BCUT2D eigenvalue weighted by Crippen LogP contribution is -2.34. The maximum atomic E-state index is 12.8. The Labute approximate surface area is 123 Å². The molecule has 1 aromatic heterocycles. The zero-order valence-electron chi connectivity index (χ0n) is 10.8. The highest BCUT2D eigenvalue weighted by molar-refractivity contribution is 5.93. The molecule has 2 atom stereocenters. The minimum absolute atomic E-state index is 0. The monoisotopic (exact) mass is 328 g/mol. The van der Waals surface area contributed by atoms with E-state index in [0.29, 0.717) is 0 Å². The number of hydrogen-bond donors (Lipinski definition) is 1. The van der Waals surface area contributed by atoms with Gasteiger partial charge in [-0.1, -0.05) is 0 Å². The van der Waals surface area contributed by atoms with Crippen LogP contribution in [0.15, 0.2) is 10.8 Å². The fraction of sp³-hybridized carbons (Fsp3) is 0.545. The summed E-state index contributed by atoms with van der Waals surface area (Å²) in [5, 5.41) is 8.86. The number of rotatable bonds is 2. The molecule has 1 aliphatic rings. The topological polar surface area (TPSA) is 83.6 Å². The molecule has 1 aromatic rings. The van der Waals surface area contributed by atoms with Crippen molar-refractivity contribution in [2.45, 2.75) is 13.1 Å². The largest absolute Gasteiger partial charge is 0.481 e. The van der Waals surface area contributed by atoms with Gasteiger partial charge in [0.25, 0.3) is 5.91 Å². The van der Waals surface area contributed by atoms with Crippen LogP contribution in [0.25, 0.3) is 0 Å². The Morgan fingerprint density at radius 2 is 2.05 bits per heavy atom. The first kappa shape index (κ1) is 17.3. The molecule has 1 N–H and O–H groups in total. The molecule has 0 spiro atoms. The number of carboxylic acid groups (broad SMARTS) is 1. The molecule has 1 fully saturated rings. The molecular formula is C11H12ClF3N2O4. The smallest absolute Gasteiger partial charge is 0.394 e. The SMILES string of the molecule is Cc1ocnc1C(=O)N1C[C@@H](C(F)(F)F)[C@H](C(=O)O)C1.Cl. The molecule has 0 aromatic carbocycles. The van der Waals surface area contributed by atoms with Crippen LogP contribution in [0.1, 0.15) is 16.2 Å². The Kier molecular flexibility index (Phi) is 4.87. The number of carbonyl (C=O) groups excluding carboxylic acids is 1. The van der Waals surface area contributed by atoms with Gasteiger partial charge in [0.1, 0.15) is 5.76 Å². The van der Waals surface area contributed by atoms with Crippen LogP contribution in [-0.2, 0) is 4.79 Å². The van der Waals surface area contributed by atoms with Gasteiger partial charge in [-0.05, 0) is 6.92 Å². The molecule has 1 saturated heterocycles. The number of likely N-dealkylation sites (tertiary alicyclic amines) is 1. The molecule has 0 bridgehead atoms. The molecule has 0 unspecified atom stereocenters. The van der Waals surface area contributed by atoms with Gasteiger partial charge in [-0.15, -0.1) is 12.4 Å². The summed E-state index contributed by atoms with van der Waals surface area (Å²) in [5.74, 6) is -5.88. The number of aryl methyl sites for hydroxylation is 1. The van der Waals surface area contributed by atoms with Crippen LogP contribution in [0.2, 0.25) is 0 Å². The Balaban J connectivity index is 0.00000220. The molecule has 118 valence electrons. The summed E-state index contributed by atoms with van der Waals surface area (Å²) >= 11 is 0. The average Bonchev–Trinajstić information content (AvgIpc) is 2.92. The second kappa shape index (κ2) is 5.92. The van der Waals surface area contributed by atoms with Gasteiger partial charge in [0, 0.05) is 13.1 Å². The maximum absolute atomic E-state index is 12.8. The van der Waals surface area contributed by atoms with Crippen LogP contribution in [0, 0.1) is 18.8 Å². The lowest BCUT2D eigenvalue weighted by atomic mass is 9.96. The number of aromatic nitrogens is 1. The summed E-state index contributed by atoms with van der Waals surface area (Å²) in [6.45, 7) is 0.266. The first-order valence-corrected chi connectivity index (χ1v) is 5.70. The summed E-state index contributed by atoms with van der Waals surface area (Å²) < 4.78 is 43.2. The standard InChI is InChI=1S/C11H11F3N2O4.ClH/c1-5-8(15-4-20-5)9(17)16-2-6(10(18)19)7(3-16)11(12,13)14;/h4,6-7H,2-3H2,1H3,(H,18,19);1H/t6-,7-;/m1./s1. The van der Waals surface area contributed by atoms with Gasteiger partial charge in [0.15, 0.2) is 12.1 Å². The average molecular weight is 329 g/mol. The molecule has 0 saturated carbocycles. The fourth-order valence-electron chi connectivity index (χ4n) is 2.21. The van der Waals surface area contributed by atoms with Crippen molar-refractivity contribution < 1.29 is 32.3 Å². The van der Waals surface area contributed by atoms with Crippen LogP contribution in [0.4, 0.5) is 13.2 Å².